The number of nitrogens with zero attached hydrogens (tertiary/aromatic N) is 1. The minimum Gasteiger partial charge on any atom is -0.507 e. The summed E-state index contributed by atoms with van der Waals surface area (Å²) in [6.45, 7) is 1.94. The molecule has 0 aromatic heterocycles. The molecule has 1 rings (SSSR count). The van der Waals surface area contributed by atoms with Gasteiger partial charge in [0.05, 0.1) is 6.07 Å². The molecular weight excluding hydrogens is 164 g/mol. The van der Waals surface area contributed by atoms with Crippen molar-refractivity contribution in [2.24, 2.45) is 5.73 Å². The van der Waals surface area contributed by atoms with Gasteiger partial charge in [-0.1, -0.05) is 25.1 Å². The number of benzene rings is 1. The Morgan fingerprint density at radius 2 is 2.31 bits per heavy atom. The number of aryl methyl sites for hydroxylation is 1. The molecule has 68 valence electrons. The van der Waals surface area contributed by atoms with Crippen LogP contribution in [0, 0.1) is 11.3 Å². The highest BCUT2D eigenvalue weighted by molar-refractivity contribution is 5.43. The molecule has 0 fully saturated rings. The molecule has 0 spiro atoms. The van der Waals surface area contributed by atoms with Crippen molar-refractivity contribution >= 4 is 0 Å². The van der Waals surface area contributed by atoms with Crippen molar-refractivity contribution in [1.29, 1.82) is 5.26 Å². The van der Waals surface area contributed by atoms with E-state index in [0.717, 1.165) is 12.0 Å². The van der Waals surface area contributed by atoms with Crippen LogP contribution < -0.4 is 5.73 Å². The SMILES string of the molecule is CCc1cccc([C@H](N)C#N)c1O. The van der Waals surface area contributed by atoms with E-state index in [-0.39, 0.29) is 5.75 Å². The second kappa shape index (κ2) is 3.92. The fourth-order valence-electron chi connectivity index (χ4n) is 1.22. The lowest BCUT2D eigenvalue weighted by atomic mass is 10.0. The van der Waals surface area contributed by atoms with E-state index in [1.54, 1.807) is 12.1 Å². The predicted octanol–water partition coefficient (Wildman–Crippen LogP) is 1.48. The number of nitriles is 1. The van der Waals surface area contributed by atoms with Crippen molar-refractivity contribution in [1.82, 2.24) is 0 Å². The molecule has 1 aromatic carbocycles. The smallest absolute Gasteiger partial charge is 0.124 e. The molecule has 0 saturated heterocycles. The minimum atomic E-state index is -0.744. The largest absolute Gasteiger partial charge is 0.507 e. The van der Waals surface area contributed by atoms with Crippen molar-refractivity contribution in [3.63, 3.8) is 0 Å². The van der Waals surface area contributed by atoms with Crippen LogP contribution in [-0.4, -0.2) is 5.11 Å². The monoisotopic (exact) mass is 176 g/mol. The maximum absolute atomic E-state index is 9.66. The molecule has 1 atom stereocenters. The molecule has 3 nitrogen and oxygen atoms in total. The van der Waals surface area contributed by atoms with Gasteiger partial charge < -0.3 is 10.8 Å². The summed E-state index contributed by atoms with van der Waals surface area (Å²) in [7, 11) is 0. The molecule has 0 aliphatic rings. The highest BCUT2D eigenvalue weighted by atomic mass is 16.3. The highest BCUT2D eigenvalue weighted by Gasteiger charge is 2.11. The number of aromatic hydroxyl groups is 1. The highest BCUT2D eigenvalue weighted by Crippen LogP contribution is 2.26. The Kier molecular flexibility index (Phi) is 2.88. The number of hydrogen-bond donors (Lipinski definition) is 2. The second-order valence-corrected chi connectivity index (χ2v) is 2.82. The third-order valence-corrected chi connectivity index (χ3v) is 2.01. The Morgan fingerprint density at radius 3 is 2.85 bits per heavy atom. The van der Waals surface area contributed by atoms with Crippen molar-refractivity contribution in [2.75, 3.05) is 0 Å². The van der Waals surface area contributed by atoms with Crippen molar-refractivity contribution in [3.8, 4) is 11.8 Å². The lowest BCUT2D eigenvalue weighted by molar-refractivity contribution is 0.460. The zero-order valence-electron chi connectivity index (χ0n) is 7.49. The zero-order chi connectivity index (χ0) is 9.84. The quantitative estimate of drug-likeness (QED) is 0.717. The van der Waals surface area contributed by atoms with E-state index in [9.17, 15) is 5.11 Å². The van der Waals surface area contributed by atoms with Gasteiger partial charge in [-0.05, 0) is 12.0 Å². The Hall–Kier alpha value is -1.53. The molecule has 0 aliphatic heterocycles. The van der Waals surface area contributed by atoms with E-state index in [4.69, 9.17) is 11.0 Å². The number of para-hydroxylation sites is 1. The number of phenolic OH excluding ortho intramolecular Hbond substituents is 1. The standard InChI is InChI=1S/C10H12N2O/c1-2-7-4-3-5-8(10(7)13)9(12)6-11/h3-5,9,13H,2,12H2,1H3/t9-/m1/s1. The molecule has 0 aliphatic carbocycles. The first kappa shape index (κ1) is 9.56. The van der Waals surface area contributed by atoms with Gasteiger partial charge in [-0.15, -0.1) is 0 Å². The first-order valence-electron chi connectivity index (χ1n) is 4.16. The summed E-state index contributed by atoms with van der Waals surface area (Å²) in [6, 6.07) is 6.44. The Balaban J connectivity index is 3.17. The van der Waals surface area contributed by atoms with Gasteiger partial charge in [-0.25, -0.2) is 0 Å². The predicted molar refractivity (Wildman–Crippen MR) is 50.0 cm³/mol. The van der Waals surface area contributed by atoms with Gasteiger partial charge >= 0.3 is 0 Å². The van der Waals surface area contributed by atoms with Crippen LogP contribution in [0.1, 0.15) is 24.1 Å². The Bertz CT molecular complexity index is 341. The lowest BCUT2D eigenvalue weighted by Crippen LogP contribution is -2.07. The van der Waals surface area contributed by atoms with Gasteiger partial charge in [0.2, 0.25) is 0 Å². The first-order valence-corrected chi connectivity index (χ1v) is 4.16. The Morgan fingerprint density at radius 1 is 1.62 bits per heavy atom. The van der Waals surface area contributed by atoms with Crippen LogP contribution in [0.5, 0.6) is 5.75 Å². The molecule has 0 saturated carbocycles. The van der Waals surface area contributed by atoms with Crippen LogP contribution in [0.2, 0.25) is 0 Å². The molecule has 0 heterocycles. The van der Waals surface area contributed by atoms with Crippen LogP contribution in [0.25, 0.3) is 0 Å². The van der Waals surface area contributed by atoms with Crippen LogP contribution in [-0.2, 0) is 6.42 Å². The number of rotatable bonds is 2. The number of hydrogen-bond acceptors (Lipinski definition) is 3. The van der Waals surface area contributed by atoms with Gasteiger partial charge in [-0.2, -0.15) is 5.26 Å². The molecule has 3 heteroatoms. The van der Waals surface area contributed by atoms with Crippen LogP contribution >= 0.6 is 0 Å². The Labute approximate surface area is 77.4 Å². The number of phenols is 1. The zero-order valence-corrected chi connectivity index (χ0v) is 7.49. The summed E-state index contributed by atoms with van der Waals surface area (Å²) < 4.78 is 0. The van der Waals surface area contributed by atoms with E-state index in [1.165, 1.54) is 0 Å². The van der Waals surface area contributed by atoms with Gasteiger partial charge in [0.1, 0.15) is 11.8 Å². The van der Waals surface area contributed by atoms with Crippen LogP contribution in [0.4, 0.5) is 0 Å². The fraction of sp³-hybridized carbons (Fsp3) is 0.300. The molecule has 0 unspecified atom stereocenters. The van der Waals surface area contributed by atoms with Crippen molar-refractivity contribution in [3.05, 3.63) is 29.3 Å². The second-order valence-electron chi connectivity index (χ2n) is 2.82. The minimum absolute atomic E-state index is 0.152. The van der Waals surface area contributed by atoms with E-state index in [0.29, 0.717) is 5.56 Å². The summed E-state index contributed by atoms with van der Waals surface area (Å²) >= 11 is 0. The molecular formula is C10H12N2O. The van der Waals surface area contributed by atoms with E-state index in [1.807, 2.05) is 19.1 Å². The third kappa shape index (κ3) is 1.79. The summed E-state index contributed by atoms with van der Waals surface area (Å²) in [5.74, 6) is 0.152. The van der Waals surface area contributed by atoms with Crippen LogP contribution in [0.15, 0.2) is 18.2 Å². The average Bonchev–Trinajstić information content (AvgIpc) is 2.17. The number of nitrogens with two attached hydrogens (primary N) is 1. The maximum atomic E-state index is 9.66. The van der Waals surface area contributed by atoms with Crippen LogP contribution in [0.3, 0.4) is 0 Å². The molecule has 0 radical (unpaired) electrons. The fourth-order valence-corrected chi connectivity index (χ4v) is 1.22. The average molecular weight is 176 g/mol. The normalized spacial score (nSPS) is 12.1. The molecule has 13 heavy (non-hydrogen) atoms. The molecule has 0 bridgehead atoms. The van der Waals surface area contributed by atoms with Gasteiger partial charge in [0.25, 0.3) is 0 Å². The van der Waals surface area contributed by atoms with Crippen molar-refractivity contribution in [2.45, 2.75) is 19.4 Å². The summed E-state index contributed by atoms with van der Waals surface area (Å²) in [5, 5.41) is 18.2. The molecule has 0 amide bonds. The summed E-state index contributed by atoms with van der Waals surface area (Å²) in [4.78, 5) is 0. The maximum Gasteiger partial charge on any atom is 0.124 e. The summed E-state index contributed by atoms with van der Waals surface area (Å²) in [5.41, 5.74) is 6.82. The van der Waals surface area contributed by atoms with Crippen molar-refractivity contribution < 1.29 is 5.11 Å². The third-order valence-electron chi connectivity index (χ3n) is 2.01. The van der Waals surface area contributed by atoms with Gasteiger partial charge in [0, 0.05) is 5.56 Å². The lowest BCUT2D eigenvalue weighted by Gasteiger charge is -2.09. The van der Waals surface area contributed by atoms with E-state index < -0.39 is 6.04 Å². The first-order chi connectivity index (χ1) is 6.20. The molecule has 1 aromatic rings. The molecule has 3 N–H and O–H groups in total. The van der Waals surface area contributed by atoms with Gasteiger partial charge in [-0.3, -0.25) is 0 Å². The topological polar surface area (TPSA) is 70.0 Å². The summed E-state index contributed by atoms with van der Waals surface area (Å²) in [6.07, 6.45) is 0.734. The van der Waals surface area contributed by atoms with E-state index >= 15 is 0 Å². The van der Waals surface area contributed by atoms with E-state index in [2.05, 4.69) is 0 Å². The van der Waals surface area contributed by atoms with Gasteiger partial charge in [0.15, 0.2) is 0 Å².